The predicted molar refractivity (Wildman–Crippen MR) is 118 cm³/mol. The van der Waals surface area contributed by atoms with Gasteiger partial charge in [0.25, 0.3) is 5.91 Å². The predicted octanol–water partition coefficient (Wildman–Crippen LogP) is 3.67. The lowest BCUT2D eigenvalue weighted by Crippen LogP contribution is -2.53. The number of alkyl halides is 3. The molecule has 2 aromatic rings. The number of pyridine rings is 1. The number of carbonyl (C=O) groups is 1. The lowest BCUT2D eigenvalue weighted by atomic mass is 9.84. The zero-order valence-electron chi connectivity index (χ0n) is 18.5. The molecule has 5 rings (SSSR count). The van der Waals surface area contributed by atoms with Gasteiger partial charge >= 0.3 is 6.18 Å². The average Bonchev–Trinajstić information content (AvgIpc) is 3.47. The van der Waals surface area contributed by atoms with Crippen molar-refractivity contribution in [1.29, 1.82) is 0 Å². The summed E-state index contributed by atoms with van der Waals surface area (Å²) in [7, 11) is 0. The quantitative estimate of drug-likeness (QED) is 0.681. The van der Waals surface area contributed by atoms with Crippen molar-refractivity contribution >= 4 is 22.6 Å². The van der Waals surface area contributed by atoms with Gasteiger partial charge in [-0.05, 0) is 57.1 Å². The fourth-order valence-corrected chi connectivity index (χ4v) is 5.50. The highest BCUT2D eigenvalue weighted by Gasteiger charge is 2.38. The number of hydrogen-bond acceptors (Lipinski definition) is 5. The van der Waals surface area contributed by atoms with E-state index in [2.05, 4.69) is 20.2 Å². The van der Waals surface area contributed by atoms with Crippen LogP contribution >= 0.6 is 0 Å². The smallest absolute Gasteiger partial charge is 0.376 e. The molecule has 2 fully saturated rings. The van der Waals surface area contributed by atoms with E-state index in [1.807, 2.05) is 17.2 Å². The van der Waals surface area contributed by atoms with Crippen molar-refractivity contribution in [2.75, 3.05) is 37.8 Å². The second-order valence-corrected chi connectivity index (χ2v) is 9.45. The topological polar surface area (TPSA) is 73.5 Å². The van der Waals surface area contributed by atoms with E-state index in [0.29, 0.717) is 25.3 Å². The third-order valence-corrected chi connectivity index (χ3v) is 7.15. The molecular weight excluding hydrogens is 435 g/mol. The number of ether oxygens (including phenoxy) is 1. The molecule has 7 nitrogen and oxygen atoms in total. The summed E-state index contributed by atoms with van der Waals surface area (Å²) in [5.41, 5.74) is 2.29. The van der Waals surface area contributed by atoms with Crippen LogP contribution in [0.4, 0.5) is 18.9 Å². The maximum Gasteiger partial charge on any atom is 0.401 e. The van der Waals surface area contributed by atoms with Gasteiger partial charge in [0.05, 0.1) is 30.6 Å². The van der Waals surface area contributed by atoms with Gasteiger partial charge in [-0.3, -0.25) is 4.79 Å². The molecule has 2 aromatic heterocycles. The Labute approximate surface area is 190 Å². The Bertz CT molecular complexity index is 980. The van der Waals surface area contributed by atoms with Crippen molar-refractivity contribution in [2.24, 2.45) is 5.92 Å². The van der Waals surface area contributed by atoms with Crippen molar-refractivity contribution in [3.05, 3.63) is 24.0 Å². The fourth-order valence-electron chi connectivity index (χ4n) is 5.50. The number of aromatic amines is 1. The van der Waals surface area contributed by atoms with Gasteiger partial charge in [0.2, 0.25) is 0 Å². The highest BCUT2D eigenvalue weighted by Crippen LogP contribution is 2.39. The van der Waals surface area contributed by atoms with Crippen LogP contribution in [0.15, 0.2) is 18.5 Å². The second-order valence-electron chi connectivity index (χ2n) is 9.45. The van der Waals surface area contributed by atoms with Crippen molar-refractivity contribution in [3.63, 3.8) is 0 Å². The largest absolute Gasteiger partial charge is 0.401 e. The first-order chi connectivity index (χ1) is 15.9. The Kier molecular flexibility index (Phi) is 6.22. The first-order valence-corrected chi connectivity index (χ1v) is 11.8. The number of fused-ring (bicyclic) bond motifs is 3. The molecule has 0 bridgehead atoms. The van der Waals surface area contributed by atoms with E-state index in [0.717, 1.165) is 61.9 Å². The summed E-state index contributed by atoms with van der Waals surface area (Å²) in [5.74, 6) is 0.222. The highest BCUT2D eigenvalue weighted by atomic mass is 19.4. The SMILES string of the molecule is O=C1c2cnc3[nH]ccc3c2N([C@H]2CC[C@H](CNCC(F)(F)F)CC2)CN1CC1CCCO1. The normalized spacial score (nSPS) is 26.3. The number of halogens is 3. The Hall–Kier alpha value is -2.33. The summed E-state index contributed by atoms with van der Waals surface area (Å²) in [6.07, 6.45) is 4.86. The molecule has 0 aromatic carbocycles. The van der Waals surface area contributed by atoms with Gasteiger partial charge in [-0.2, -0.15) is 13.2 Å². The van der Waals surface area contributed by atoms with Crippen molar-refractivity contribution in [2.45, 2.75) is 56.8 Å². The van der Waals surface area contributed by atoms with Crippen LogP contribution in [0.3, 0.4) is 0 Å². The lowest BCUT2D eigenvalue weighted by molar-refractivity contribution is -0.125. The standard InChI is InChI=1S/C23H30F3N5O2/c24-23(25,26)13-27-10-15-3-5-16(6-4-15)31-14-30(12-17-2-1-9-33-17)22(32)19-11-29-21-18(20(19)31)7-8-28-21/h7-8,11,15-17,27H,1-6,9-10,12-14H2,(H,28,29)/t15-,16-,17?. The molecule has 180 valence electrons. The van der Waals surface area contributed by atoms with Crippen LogP contribution in [0.1, 0.15) is 48.9 Å². The Balaban J connectivity index is 1.33. The van der Waals surface area contributed by atoms with Crippen LogP contribution in [0.5, 0.6) is 0 Å². The molecule has 4 heterocycles. The van der Waals surface area contributed by atoms with Gasteiger partial charge in [-0.15, -0.1) is 0 Å². The van der Waals surface area contributed by atoms with Gasteiger partial charge in [-0.1, -0.05) is 0 Å². The number of aromatic nitrogens is 2. The number of rotatable bonds is 6. The fraction of sp³-hybridized carbons (Fsp3) is 0.652. The van der Waals surface area contributed by atoms with Crippen LogP contribution < -0.4 is 10.2 Å². The van der Waals surface area contributed by atoms with E-state index < -0.39 is 12.7 Å². The molecule has 33 heavy (non-hydrogen) atoms. The van der Waals surface area contributed by atoms with Gasteiger partial charge in [0, 0.05) is 37.0 Å². The number of hydrogen-bond donors (Lipinski definition) is 2. The Morgan fingerprint density at radius 2 is 2.03 bits per heavy atom. The maximum atomic E-state index is 13.3. The van der Waals surface area contributed by atoms with Crippen molar-refractivity contribution in [1.82, 2.24) is 20.2 Å². The van der Waals surface area contributed by atoms with E-state index in [-0.39, 0.29) is 24.0 Å². The van der Waals surface area contributed by atoms with Gasteiger partial charge < -0.3 is 24.8 Å². The second kappa shape index (κ2) is 9.13. The molecule has 0 spiro atoms. The highest BCUT2D eigenvalue weighted by molar-refractivity contribution is 6.08. The third kappa shape index (κ3) is 4.82. The average molecular weight is 466 g/mol. The van der Waals surface area contributed by atoms with Crippen LogP contribution in [-0.2, 0) is 4.74 Å². The number of H-pyrrole nitrogens is 1. The van der Waals surface area contributed by atoms with Crippen LogP contribution in [0, 0.1) is 5.92 Å². The van der Waals surface area contributed by atoms with Crippen LogP contribution in [0.25, 0.3) is 11.0 Å². The summed E-state index contributed by atoms with van der Waals surface area (Å²) < 4.78 is 43.1. The summed E-state index contributed by atoms with van der Waals surface area (Å²) in [6.45, 7) is 1.25. The van der Waals surface area contributed by atoms with Crippen molar-refractivity contribution < 1.29 is 22.7 Å². The number of amides is 1. The Morgan fingerprint density at radius 3 is 2.76 bits per heavy atom. The zero-order valence-corrected chi connectivity index (χ0v) is 18.5. The first-order valence-electron chi connectivity index (χ1n) is 11.8. The summed E-state index contributed by atoms with van der Waals surface area (Å²) >= 11 is 0. The zero-order chi connectivity index (χ0) is 23.0. The summed E-state index contributed by atoms with van der Waals surface area (Å²) in [5, 5.41) is 3.50. The molecule has 1 amide bonds. The van der Waals surface area contributed by atoms with Gasteiger partial charge in [0.15, 0.2) is 0 Å². The molecule has 1 unspecified atom stereocenters. The molecule has 0 radical (unpaired) electrons. The van der Waals surface area contributed by atoms with Gasteiger partial charge in [0.1, 0.15) is 5.65 Å². The molecule has 10 heteroatoms. The number of nitrogens with zero attached hydrogens (tertiary/aromatic N) is 3. The molecule has 2 aliphatic heterocycles. The van der Waals surface area contributed by atoms with E-state index in [1.54, 1.807) is 6.20 Å². The molecule has 3 aliphatic rings. The Morgan fingerprint density at radius 1 is 1.21 bits per heavy atom. The minimum atomic E-state index is -4.18. The molecular formula is C23H30F3N5O2. The summed E-state index contributed by atoms with van der Waals surface area (Å²) in [4.78, 5) is 25.1. The van der Waals surface area contributed by atoms with Crippen molar-refractivity contribution in [3.8, 4) is 0 Å². The van der Waals surface area contributed by atoms with E-state index in [9.17, 15) is 18.0 Å². The molecule has 1 saturated carbocycles. The van der Waals surface area contributed by atoms with Gasteiger partial charge in [-0.25, -0.2) is 4.98 Å². The molecule has 2 N–H and O–H groups in total. The van der Waals surface area contributed by atoms with Crippen LogP contribution in [0.2, 0.25) is 0 Å². The molecule has 1 aliphatic carbocycles. The summed E-state index contributed by atoms with van der Waals surface area (Å²) in [6, 6.07) is 2.19. The van der Waals surface area contributed by atoms with E-state index >= 15 is 0 Å². The van der Waals surface area contributed by atoms with E-state index in [1.165, 1.54) is 0 Å². The lowest BCUT2D eigenvalue weighted by Gasteiger charge is -2.45. The molecule has 1 saturated heterocycles. The maximum absolute atomic E-state index is 13.3. The molecule has 1 atom stereocenters. The minimum Gasteiger partial charge on any atom is -0.376 e. The minimum absolute atomic E-state index is 0.0163. The number of anilines is 1. The first kappa shape index (κ1) is 22.5. The monoisotopic (exact) mass is 465 g/mol. The van der Waals surface area contributed by atoms with E-state index in [4.69, 9.17) is 4.74 Å². The number of carbonyl (C=O) groups excluding carboxylic acids is 1. The third-order valence-electron chi connectivity index (χ3n) is 7.15. The van der Waals surface area contributed by atoms with Crippen LogP contribution in [-0.4, -0.2) is 72.0 Å². The number of nitrogens with one attached hydrogen (secondary N) is 2.